The van der Waals surface area contributed by atoms with Crippen LogP contribution in [0, 0.1) is 6.92 Å². The lowest BCUT2D eigenvalue weighted by Crippen LogP contribution is -2.01. The molecule has 0 spiro atoms. The Morgan fingerprint density at radius 2 is 2.40 bits per heavy atom. The summed E-state index contributed by atoms with van der Waals surface area (Å²) in [6.45, 7) is 6.36. The van der Waals surface area contributed by atoms with Crippen molar-refractivity contribution in [2.75, 3.05) is 17.6 Å². The number of rotatable bonds is 3. The lowest BCUT2D eigenvalue weighted by atomic mass is 10.2. The molecule has 0 aliphatic heterocycles. The highest BCUT2D eigenvalue weighted by Crippen LogP contribution is 2.29. The summed E-state index contributed by atoms with van der Waals surface area (Å²) in [5.74, 6) is 0. The normalized spacial score (nSPS) is 10.5. The monoisotopic (exact) mass is 219 g/mol. The first-order valence-corrected chi connectivity index (χ1v) is 5.54. The molecule has 3 N–H and O–H groups in total. The van der Waals surface area contributed by atoms with Crippen molar-refractivity contribution in [2.45, 2.75) is 6.92 Å². The fourth-order valence-corrected chi connectivity index (χ4v) is 2.30. The Labute approximate surface area is 92.6 Å². The number of benzene rings is 1. The van der Waals surface area contributed by atoms with E-state index in [1.807, 2.05) is 19.1 Å². The van der Waals surface area contributed by atoms with Gasteiger partial charge < -0.3 is 11.1 Å². The molecule has 4 heteroatoms. The number of hydrogen-bond donors (Lipinski definition) is 2. The Bertz CT molecular complexity index is 502. The van der Waals surface area contributed by atoms with Gasteiger partial charge in [0.1, 0.15) is 0 Å². The molecular formula is C11H13N3S. The van der Waals surface area contributed by atoms with Crippen molar-refractivity contribution >= 4 is 32.9 Å². The van der Waals surface area contributed by atoms with E-state index in [-0.39, 0.29) is 0 Å². The molecule has 1 aromatic carbocycles. The first kappa shape index (κ1) is 9.98. The van der Waals surface area contributed by atoms with Gasteiger partial charge in [-0.1, -0.05) is 6.08 Å². The van der Waals surface area contributed by atoms with E-state index in [1.165, 1.54) is 0 Å². The third-order valence-corrected chi connectivity index (χ3v) is 3.04. The molecule has 0 unspecified atom stereocenters. The molecule has 0 amide bonds. The van der Waals surface area contributed by atoms with Crippen LogP contribution in [0.25, 0.3) is 10.2 Å². The number of nitrogens with zero attached hydrogens (tertiary/aromatic N) is 1. The number of hydrogen-bond acceptors (Lipinski definition) is 4. The molecule has 0 fully saturated rings. The number of aryl methyl sites for hydroxylation is 1. The number of nitrogens with one attached hydrogen (secondary N) is 1. The van der Waals surface area contributed by atoms with Gasteiger partial charge in [-0.3, -0.25) is 0 Å². The summed E-state index contributed by atoms with van der Waals surface area (Å²) in [6, 6.07) is 3.95. The molecule has 2 rings (SSSR count). The molecule has 1 heterocycles. The number of nitrogen functional groups attached to an aromatic ring is 1. The van der Waals surface area contributed by atoms with Crippen LogP contribution in [0.1, 0.15) is 5.01 Å². The van der Waals surface area contributed by atoms with E-state index >= 15 is 0 Å². The van der Waals surface area contributed by atoms with Gasteiger partial charge in [0.05, 0.1) is 26.6 Å². The summed E-state index contributed by atoms with van der Waals surface area (Å²) in [4.78, 5) is 4.42. The fraction of sp³-hybridized carbons (Fsp3) is 0.182. The van der Waals surface area contributed by atoms with Gasteiger partial charge in [-0.2, -0.15) is 0 Å². The summed E-state index contributed by atoms with van der Waals surface area (Å²) < 4.78 is 1.13. The number of nitrogens with two attached hydrogens (primary N) is 1. The largest absolute Gasteiger partial charge is 0.397 e. The quantitative estimate of drug-likeness (QED) is 0.616. The summed E-state index contributed by atoms with van der Waals surface area (Å²) >= 11 is 1.66. The van der Waals surface area contributed by atoms with E-state index in [2.05, 4.69) is 16.9 Å². The first-order chi connectivity index (χ1) is 7.20. The molecule has 0 bridgehead atoms. The molecule has 3 nitrogen and oxygen atoms in total. The van der Waals surface area contributed by atoms with Gasteiger partial charge in [0.2, 0.25) is 0 Å². The van der Waals surface area contributed by atoms with Crippen LogP contribution in [0.4, 0.5) is 11.4 Å². The Morgan fingerprint density at radius 3 is 3.13 bits per heavy atom. The zero-order valence-corrected chi connectivity index (χ0v) is 9.40. The lowest BCUT2D eigenvalue weighted by Gasteiger charge is -2.06. The Hall–Kier alpha value is -1.55. The average molecular weight is 219 g/mol. The van der Waals surface area contributed by atoms with E-state index in [9.17, 15) is 0 Å². The standard InChI is InChI=1S/C11H13N3S/c1-3-4-13-9-6-10-11(5-8(9)12)15-7(2)14-10/h3,5-6,13H,1,4,12H2,2H3. The van der Waals surface area contributed by atoms with Crippen LogP contribution < -0.4 is 11.1 Å². The van der Waals surface area contributed by atoms with Crippen molar-refractivity contribution in [3.8, 4) is 0 Å². The van der Waals surface area contributed by atoms with Gasteiger partial charge in [0, 0.05) is 6.54 Å². The second-order valence-electron chi connectivity index (χ2n) is 3.31. The van der Waals surface area contributed by atoms with Gasteiger partial charge in [-0.05, 0) is 19.1 Å². The summed E-state index contributed by atoms with van der Waals surface area (Å²) in [5.41, 5.74) is 8.60. The zero-order chi connectivity index (χ0) is 10.8. The van der Waals surface area contributed by atoms with Gasteiger partial charge in [0.15, 0.2) is 0 Å². The number of fused-ring (bicyclic) bond motifs is 1. The maximum atomic E-state index is 5.92. The Morgan fingerprint density at radius 1 is 1.60 bits per heavy atom. The molecule has 0 saturated carbocycles. The van der Waals surface area contributed by atoms with Crippen LogP contribution in [0.5, 0.6) is 0 Å². The maximum absolute atomic E-state index is 5.92. The van der Waals surface area contributed by atoms with Gasteiger partial charge in [0.25, 0.3) is 0 Å². The Balaban J connectivity index is 2.46. The Kier molecular flexibility index (Phi) is 2.60. The van der Waals surface area contributed by atoms with Gasteiger partial charge in [-0.25, -0.2) is 4.98 Å². The number of anilines is 2. The van der Waals surface area contributed by atoms with E-state index < -0.39 is 0 Å². The van der Waals surface area contributed by atoms with Crippen LogP contribution in [-0.4, -0.2) is 11.5 Å². The van der Waals surface area contributed by atoms with Crippen molar-refractivity contribution in [1.82, 2.24) is 4.98 Å². The second-order valence-corrected chi connectivity index (χ2v) is 4.54. The number of aromatic nitrogens is 1. The molecule has 78 valence electrons. The molecule has 0 atom stereocenters. The first-order valence-electron chi connectivity index (χ1n) is 4.72. The van der Waals surface area contributed by atoms with Crippen LogP contribution in [-0.2, 0) is 0 Å². The molecular weight excluding hydrogens is 206 g/mol. The topological polar surface area (TPSA) is 50.9 Å². The van der Waals surface area contributed by atoms with E-state index in [4.69, 9.17) is 5.73 Å². The minimum atomic E-state index is 0.707. The third kappa shape index (κ3) is 1.94. The van der Waals surface area contributed by atoms with Crippen LogP contribution in [0.2, 0.25) is 0 Å². The minimum Gasteiger partial charge on any atom is -0.397 e. The van der Waals surface area contributed by atoms with Crippen LogP contribution in [0.15, 0.2) is 24.8 Å². The maximum Gasteiger partial charge on any atom is 0.0907 e. The highest BCUT2D eigenvalue weighted by molar-refractivity contribution is 7.18. The summed E-state index contributed by atoms with van der Waals surface area (Å²) in [5, 5.41) is 4.25. The molecule has 0 aliphatic rings. The molecule has 0 saturated heterocycles. The van der Waals surface area contributed by atoms with Crippen LogP contribution >= 0.6 is 11.3 Å². The van der Waals surface area contributed by atoms with Crippen molar-refractivity contribution in [2.24, 2.45) is 0 Å². The predicted octanol–water partition coefficient (Wildman–Crippen LogP) is 2.78. The van der Waals surface area contributed by atoms with Crippen molar-refractivity contribution in [3.05, 3.63) is 29.8 Å². The summed E-state index contributed by atoms with van der Waals surface area (Å²) in [6.07, 6.45) is 1.80. The minimum absolute atomic E-state index is 0.707. The van der Waals surface area contributed by atoms with Gasteiger partial charge in [-0.15, -0.1) is 17.9 Å². The summed E-state index contributed by atoms with van der Waals surface area (Å²) in [7, 11) is 0. The fourth-order valence-electron chi connectivity index (χ4n) is 1.44. The number of thiazole rings is 1. The molecule has 1 aromatic heterocycles. The smallest absolute Gasteiger partial charge is 0.0907 e. The van der Waals surface area contributed by atoms with Crippen LogP contribution in [0.3, 0.4) is 0 Å². The zero-order valence-electron chi connectivity index (χ0n) is 8.58. The van der Waals surface area contributed by atoms with E-state index in [0.29, 0.717) is 6.54 Å². The van der Waals surface area contributed by atoms with E-state index in [1.54, 1.807) is 17.4 Å². The highest BCUT2D eigenvalue weighted by atomic mass is 32.1. The predicted molar refractivity (Wildman–Crippen MR) is 67.5 cm³/mol. The molecule has 2 aromatic rings. The highest BCUT2D eigenvalue weighted by Gasteiger charge is 2.05. The van der Waals surface area contributed by atoms with Gasteiger partial charge >= 0.3 is 0 Å². The van der Waals surface area contributed by atoms with Crippen molar-refractivity contribution in [3.63, 3.8) is 0 Å². The second kappa shape index (κ2) is 3.90. The molecule has 15 heavy (non-hydrogen) atoms. The lowest BCUT2D eigenvalue weighted by molar-refractivity contribution is 1.33. The molecule has 0 aliphatic carbocycles. The van der Waals surface area contributed by atoms with Crippen molar-refractivity contribution < 1.29 is 0 Å². The SMILES string of the molecule is C=CCNc1cc2nc(C)sc2cc1N. The average Bonchev–Trinajstić information content (AvgIpc) is 2.53. The van der Waals surface area contributed by atoms with E-state index in [0.717, 1.165) is 26.6 Å². The third-order valence-electron chi connectivity index (χ3n) is 2.10. The molecule has 0 radical (unpaired) electrons. The van der Waals surface area contributed by atoms with Crippen molar-refractivity contribution in [1.29, 1.82) is 0 Å².